The molecule has 12 heteroatoms. The number of carbonyl (C=O) groups excluding carboxylic acids is 1. The van der Waals surface area contributed by atoms with Gasteiger partial charge >= 0.3 is 0 Å². The van der Waals surface area contributed by atoms with E-state index in [-0.39, 0.29) is 17.6 Å². The highest BCUT2D eigenvalue weighted by Gasteiger charge is 2.12. The summed E-state index contributed by atoms with van der Waals surface area (Å²) in [5.41, 5.74) is 3.30. The third-order valence-electron chi connectivity index (χ3n) is 3.39. The van der Waals surface area contributed by atoms with Crippen LogP contribution in [0.15, 0.2) is 51.3 Å². The van der Waals surface area contributed by atoms with Crippen LogP contribution in [-0.2, 0) is 11.3 Å². The van der Waals surface area contributed by atoms with Gasteiger partial charge in [0.2, 0.25) is 11.1 Å². The SMILES string of the molecule is Nn1c(N/N=C/c2cccc(Cl)c2Cl)nnc1SCC(=O)NCc1ccco1. The van der Waals surface area contributed by atoms with Crippen molar-refractivity contribution in [3.63, 3.8) is 0 Å². The maximum Gasteiger partial charge on any atom is 0.264 e. The average Bonchev–Trinajstić information content (AvgIpc) is 3.32. The van der Waals surface area contributed by atoms with Crippen LogP contribution in [0.25, 0.3) is 0 Å². The monoisotopic (exact) mass is 439 g/mol. The highest BCUT2D eigenvalue weighted by Crippen LogP contribution is 2.24. The maximum atomic E-state index is 11.9. The molecule has 0 spiro atoms. The van der Waals surface area contributed by atoms with E-state index < -0.39 is 0 Å². The number of hydrogen-bond donors (Lipinski definition) is 3. The number of carbonyl (C=O) groups is 1. The molecule has 3 aromatic rings. The Kier molecular flexibility index (Phi) is 6.80. The molecule has 0 atom stereocenters. The van der Waals surface area contributed by atoms with Crippen LogP contribution in [0.5, 0.6) is 0 Å². The number of hydrazone groups is 1. The van der Waals surface area contributed by atoms with E-state index >= 15 is 0 Å². The molecule has 9 nitrogen and oxygen atoms in total. The molecule has 0 unspecified atom stereocenters. The second-order valence-electron chi connectivity index (χ2n) is 5.33. The molecule has 0 aliphatic carbocycles. The summed E-state index contributed by atoms with van der Waals surface area (Å²) in [5.74, 6) is 6.72. The van der Waals surface area contributed by atoms with Crippen molar-refractivity contribution in [2.75, 3.05) is 17.0 Å². The molecular formula is C16H15Cl2N7O2S. The van der Waals surface area contributed by atoms with Crippen LogP contribution >= 0.6 is 35.0 Å². The Hall–Kier alpha value is -2.69. The smallest absolute Gasteiger partial charge is 0.264 e. The number of anilines is 1. The fourth-order valence-corrected chi connectivity index (χ4v) is 3.05. The largest absolute Gasteiger partial charge is 0.467 e. The lowest BCUT2D eigenvalue weighted by molar-refractivity contribution is -0.118. The Bertz CT molecular complexity index is 976. The molecule has 2 heterocycles. The third-order valence-corrected chi connectivity index (χ3v) is 5.16. The summed E-state index contributed by atoms with van der Waals surface area (Å²) in [5, 5.41) is 15.7. The van der Waals surface area contributed by atoms with Gasteiger partial charge in [-0.25, -0.2) is 10.1 Å². The van der Waals surface area contributed by atoms with Gasteiger partial charge in [-0.3, -0.25) is 4.79 Å². The van der Waals surface area contributed by atoms with Gasteiger partial charge < -0.3 is 15.6 Å². The van der Waals surface area contributed by atoms with Crippen molar-refractivity contribution >= 4 is 53.0 Å². The minimum absolute atomic E-state index is 0.122. The number of benzene rings is 1. The maximum absolute atomic E-state index is 11.9. The molecule has 146 valence electrons. The second kappa shape index (κ2) is 9.49. The first-order chi connectivity index (χ1) is 13.5. The fourth-order valence-electron chi connectivity index (χ4n) is 2.01. The van der Waals surface area contributed by atoms with Gasteiger partial charge in [-0.1, -0.05) is 47.1 Å². The summed E-state index contributed by atoms with van der Waals surface area (Å²) in [6.07, 6.45) is 3.03. The second-order valence-corrected chi connectivity index (χ2v) is 7.06. The van der Waals surface area contributed by atoms with Gasteiger partial charge in [0.15, 0.2) is 0 Å². The van der Waals surface area contributed by atoms with E-state index in [0.717, 1.165) is 11.8 Å². The van der Waals surface area contributed by atoms with Crippen molar-refractivity contribution in [2.24, 2.45) is 5.10 Å². The Morgan fingerprint density at radius 2 is 2.18 bits per heavy atom. The van der Waals surface area contributed by atoms with Crippen molar-refractivity contribution in [3.8, 4) is 0 Å². The molecule has 4 N–H and O–H groups in total. The van der Waals surface area contributed by atoms with E-state index in [1.165, 1.54) is 10.9 Å². The molecule has 28 heavy (non-hydrogen) atoms. The Balaban J connectivity index is 1.51. The van der Waals surface area contributed by atoms with Gasteiger partial charge in [0.25, 0.3) is 5.95 Å². The lowest BCUT2D eigenvalue weighted by Crippen LogP contribution is -2.24. The summed E-state index contributed by atoms with van der Waals surface area (Å²) in [7, 11) is 0. The first-order valence-corrected chi connectivity index (χ1v) is 9.64. The summed E-state index contributed by atoms with van der Waals surface area (Å²) < 4.78 is 6.34. The molecular weight excluding hydrogens is 425 g/mol. The van der Waals surface area contributed by atoms with E-state index in [2.05, 4.69) is 26.0 Å². The van der Waals surface area contributed by atoms with Crippen molar-refractivity contribution < 1.29 is 9.21 Å². The zero-order valence-electron chi connectivity index (χ0n) is 14.3. The van der Waals surface area contributed by atoms with E-state index in [9.17, 15) is 4.79 Å². The van der Waals surface area contributed by atoms with Gasteiger partial charge in [-0.15, -0.1) is 10.2 Å². The van der Waals surface area contributed by atoms with Crippen LogP contribution in [0.3, 0.4) is 0 Å². The topological polar surface area (TPSA) is 123 Å². The minimum atomic E-state index is -0.187. The number of thioether (sulfide) groups is 1. The molecule has 0 saturated carbocycles. The molecule has 3 rings (SSSR count). The van der Waals surface area contributed by atoms with Crippen LogP contribution in [-0.4, -0.2) is 32.7 Å². The highest BCUT2D eigenvalue weighted by atomic mass is 35.5. The zero-order chi connectivity index (χ0) is 19.9. The molecule has 0 aliphatic rings. The van der Waals surface area contributed by atoms with Crippen molar-refractivity contribution in [2.45, 2.75) is 11.7 Å². The number of aromatic nitrogens is 3. The van der Waals surface area contributed by atoms with Crippen LogP contribution < -0.4 is 16.6 Å². The van der Waals surface area contributed by atoms with Crippen LogP contribution in [0.4, 0.5) is 5.95 Å². The number of furan rings is 1. The van der Waals surface area contributed by atoms with Gasteiger partial charge in [0.1, 0.15) is 5.76 Å². The predicted molar refractivity (Wildman–Crippen MR) is 109 cm³/mol. The number of nitrogens with zero attached hydrogens (tertiary/aromatic N) is 4. The molecule has 0 saturated heterocycles. The van der Waals surface area contributed by atoms with Crippen molar-refractivity contribution in [1.82, 2.24) is 20.2 Å². The number of rotatable bonds is 8. The third kappa shape index (κ3) is 5.18. The number of halogens is 2. The Labute approximate surface area is 174 Å². The average molecular weight is 440 g/mol. The molecule has 1 amide bonds. The van der Waals surface area contributed by atoms with Crippen molar-refractivity contribution in [1.29, 1.82) is 0 Å². The number of amides is 1. The normalized spacial score (nSPS) is 11.1. The van der Waals surface area contributed by atoms with Gasteiger partial charge in [-0.2, -0.15) is 5.10 Å². The van der Waals surface area contributed by atoms with Gasteiger partial charge in [0.05, 0.1) is 34.8 Å². The summed E-state index contributed by atoms with van der Waals surface area (Å²) >= 11 is 13.2. The molecule has 2 aromatic heterocycles. The quantitative estimate of drug-likeness (QED) is 0.213. The van der Waals surface area contributed by atoms with Gasteiger partial charge in [0, 0.05) is 5.56 Å². The van der Waals surface area contributed by atoms with Crippen LogP contribution in [0, 0.1) is 0 Å². The fraction of sp³-hybridized carbons (Fsp3) is 0.125. The zero-order valence-corrected chi connectivity index (χ0v) is 16.6. The molecule has 0 bridgehead atoms. The summed E-state index contributed by atoms with van der Waals surface area (Å²) in [6, 6.07) is 8.73. The van der Waals surface area contributed by atoms with E-state index in [1.807, 2.05) is 0 Å². The number of nitrogen functional groups attached to an aromatic ring is 1. The molecule has 0 fully saturated rings. The van der Waals surface area contributed by atoms with Crippen LogP contribution in [0.1, 0.15) is 11.3 Å². The van der Waals surface area contributed by atoms with Crippen molar-refractivity contribution in [3.05, 3.63) is 58.0 Å². The molecule has 1 aromatic carbocycles. The Morgan fingerprint density at radius 3 is 2.96 bits per heavy atom. The van der Waals surface area contributed by atoms with Gasteiger partial charge in [-0.05, 0) is 18.2 Å². The van der Waals surface area contributed by atoms with Crippen LogP contribution in [0.2, 0.25) is 10.0 Å². The highest BCUT2D eigenvalue weighted by molar-refractivity contribution is 7.99. The minimum Gasteiger partial charge on any atom is -0.467 e. The van der Waals surface area contributed by atoms with E-state index in [1.54, 1.807) is 36.6 Å². The predicted octanol–water partition coefficient (Wildman–Crippen LogP) is 2.75. The summed E-state index contributed by atoms with van der Waals surface area (Å²) in [4.78, 5) is 11.9. The lowest BCUT2D eigenvalue weighted by Gasteiger charge is -2.04. The first kappa shape index (κ1) is 20.1. The number of nitrogens with one attached hydrogen (secondary N) is 2. The molecule has 0 aliphatic heterocycles. The first-order valence-electron chi connectivity index (χ1n) is 7.90. The standard InChI is InChI=1S/C16H15Cl2N7O2S/c17-12-5-1-3-10(14(12)18)7-21-22-15-23-24-16(25(15)19)28-9-13(26)20-8-11-4-2-6-27-11/h1-7H,8-9,19H2,(H,20,26)(H,22,23)/b21-7+. The Morgan fingerprint density at radius 1 is 1.32 bits per heavy atom. The molecule has 0 radical (unpaired) electrons. The number of nitrogens with two attached hydrogens (primary N) is 1. The summed E-state index contributed by atoms with van der Waals surface area (Å²) in [6.45, 7) is 0.315. The number of hydrogen-bond acceptors (Lipinski definition) is 8. The van der Waals surface area contributed by atoms with E-state index in [4.69, 9.17) is 33.5 Å². The lowest BCUT2D eigenvalue weighted by atomic mass is 10.2. The van der Waals surface area contributed by atoms with E-state index in [0.29, 0.717) is 33.1 Å².